The monoisotopic (exact) mass is 216 g/mol. The maximum Gasteiger partial charge on any atom is 0.220 e. The maximum atomic E-state index is 13.2. The van der Waals surface area contributed by atoms with E-state index in [4.69, 9.17) is 5.11 Å². The highest BCUT2D eigenvalue weighted by Crippen LogP contribution is 2.14. The molecule has 0 saturated carbocycles. The average Bonchev–Trinajstić information content (AvgIpc) is 2.14. The van der Waals surface area contributed by atoms with Gasteiger partial charge in [0.05, 0.1) is 6.10 Å². The molecule has 0 bridgehead atoms. The molecular weight excluding hydrogens is 202 g/mol. The lowest BCUT2D eigenvalue weighted by molar-refractivity contribution is 0.187. The summed E-state index contributed by atoms with van der Waals surface area (Å²) in [6.07, 6.45) is -0.510. The first-order chi connectivity index (χ1) is 7.00. The second-order valence-electron chi connectivity index (χ2n) is 3.49. The van der Waals surface area contributed by atoms with E-state index >= 15 is 0 Å². The second-order valence-corrected chi connectivity index (χ2v) is 3.49. The molecule has 1 heterocycles. The van der Waals surface area contributed by atoms with Crippen molar-refractivity contribution >= 4 is 0 Å². The van der Waals surface area contributed by atoms with Crippen LogP contribution in [-0.4, -0.2) is 22.7 Å². The molecule has 2 N–H and O–H groups in total. The van der Waals surface area contributed by atoms with Gasteiger partial charge in [-0.2, -0.15) is 13.8 Å². The molecule has 1 aromatic rings. The second kappa shape index (κ2) is 5.14. The van der Waals surface area contributed by atoms with Crippen LogP contribution in [-0.2, 0) is 0 Å². The summed E-state index contributed by atoms with van der Waals surface area (Å²) in [5.74, 6) is -1.65. The Morgan fingerprint density at radius 2 is 2.07 bits per heavy atom. The summed E-state index contributed by atoms with van der Waals surface area (Å²) >= 11 is 0. The molecule has 0 spiro atoms. The number of hydrogen-bond donors (Lipinski definition) is 2. The van der Waals surface area contributed by atoms with Crippen LogP contribution in [0.3, 0.4) is 0 Å². The third-order valence-corrected chi connectivity index (χ3v) is 2.03. The molecule has 0 fully saturated rings. The van der Waals surface area contributed by atoms with Crippen LogP contribution in [0, 0.1) is 11.9 Å². The highest BCUT2D eigenvalue weighted by Gasteiger charge is 2.12. The lowest BCUT2D eigenvalue weighted by Gasteiger charge is -2.15. The van der Waals surface area contributed by atoms with Crippen molar-refractivity contribution in [2.24, 2.45) is 0 Å². The van der Waals surface area contributed by atoms with Gasteiger partial charge < -0.3 is 10.4 Å². The number of pyridine rings is 1. The van der Waals surface area contributed by atoms with E-state index in [1.54, 1.807) is 13.8 Å². The van der Waals surface area contributed by atoms with Gasteiger partial charge in [-0.1, -0.05) is 0 Å². The first-order valence-corrected chi connectivity index (χ1v) is 4.74. The molecule has 15 heavy (non-hydrogen) atoms. The van der Waals surface area contributed by atoms with Crippen molar-refractivity contribution in [2.75, 3.05) is 6.54 Å². The van der Waals surface area contributed by atoms with Crippen LogP contribution in [0.2, 0.25) is 0 Å². The van der Waals surface area contributed by atoms with Gasteiger partial charge in [-0.15, -0.1) is 0 Å². The molecule has 0 saturated heterocycles. The van der Waals surface area contributed by atoms with Crippen LogP contribution in [0.25, 0.3) is 0 Å². The first kappa shape index (κ1) is 12.0. The van der Waals surface area contributed by atoms with Crippen molar-refractivity contribution in [3.05, 3.63) is 29.6 Å². The van der Waals surface area contributed by atoms with E-state index in [9.17, 15) is 8.78 Å². The molecule has 0 aliphatic rings. The summed E-state index contributed by atoms with van der Waals surface area (Å²) < 4.78 is 25.7. The predicted octanol–water partition coefficient (Wildman–Crippen LogP) is 1.39. The highest BCUT2D eigenvalue weighted by molar-refractivity contribution is 5.15. The molecule has 84 valence electrons. The van der Waals surface area contributed by atoms with Gasteiger partial charge in [0.1, 0.15) is 0 Å². The Morgan fingerprint density at radius 1 is 1.40 bits per heavy atom. The Labute approximate surface area is 87.2 Å². The van der Waals surface area contributed by atoms with Gasteiger partial charge in [-0.05, 0) is 26.0 Å². The molecule has 0 amide bonds. The van der Waals surface area contributed by atoms with Crippen LogP contribution in [0.5, 0.6) is 0 Å². The Hall–Kier alpha value is -1.07. The fourth-order valence-corrected chi connectivity index (χ4v) is 1.20. The number of rotatable bonds is 4. The van der Waals surface area contributed by atoms with E-state index in [0.717, 1.165) is 6.07 Å². The quantitative estimate of drug-likeness (QED) is 0.747. The molecule has 0 aliphatic heterocycles. The lowest BCUT2D eigenvalue weighted by Crippen LogP contribution is -2.27. The number of halogens is 2. The van der Waals surface area contributed by atoms with Crippen LogP contribution in [0.4, 0.5) is 8.78 Å². The first-order valence-electron chi connectivity index (χ1n) is 4.74. The number of aromatic nitrogens is 1. The van der Waals surface area contributed by atoms with Gasteiger partial charge >= 0.3 is 0 Å². The zero-order valence-electron chi connectivity index (χ0n) is 8.67. The predicted molar refractivity (Wildman–Crippen MR) is 52.3 cm³/mol. The van der Waals surface area contributed by atoms with Gasteiger partial charge in [0.25, 0.3) is 0 Å². The molecule has 1 rings (SSSR count). The van der Waals surface area contributed by atoms with Crippen LogP contribution >= 0.6 is 0 Å². The van der Waals surface area contributed by atoms with Crippen molar-refractivity contribution in [3.63, 3.8) is 0 Å². The molecule has 0 unspecified atom stereocenters. The van der Waals surface area contributed by atoms with Crippen molar-refractivity contribution in [1.82, 2.24) is 10.3 Å². The van der Waals surface area contributed by atoms with Gasteiger partial charge in [0, 0.05) is 18.2 Å². The number of nitrogens with zero attached hydrogens (tertiary/aromatic N) is 1. The average molecular weight is 216 g/mol. The minimum Gasteiger partial charge on any atom is -0.392 e. The van der Waals surface area contributed by atoms with E-state index < -0.39 is 18.0 Å². The van der Waals surface area contributed by atoms with Crippen LogP contribution in [0.1, 0.15) is 25.5 Å². The van der Waals surface area contributed by atoms with E-state index in [1.807, 2.05) is 0 Å². The topological polar surface area (TPSA) is 45.1 Å². The Kier molecular flexibility index (Phi) is 4.11. The largest absolute Gasteiger partial charge is 0.392 e. The Balaban J connectivity index is 2.69. The van der Waals surface area contributed by atoms with E-state index in [0.29, 0.717) is 6.54 Å². The summed E-state index contributed by atoms with van der Waals surface area (Å²) in [6.45, 7) is 3.69. The molecule has 0 aromatic carbocycles. The summed E-state index contributed by atoms with van der Waals surface area (Å²) in [5, 5.41) is 11.9. The molecule has 3 nitrogen and oxygen atoms in total. The SMILES string of the molecule is C[C@H](O)CN[C@@H](C)c1ccc(F)nc1F. The third-order valence-electron chi connectivity index (χ3n) is 2.03. The van der Waals surface area contributed by atoms with Gasteiger partial charge in [0.15, 0.2) is 0 Å². The minimum absolute atomic E-state index is 0.289. The van der Waals surface area contributed by atoms with Gasteiger partial charge in [-0.25, -0.2) is 0 Å². The number of aliphatic hydroxyl groups excluding tert-OH is 1. The number of hydrogen-bond acceptors (Lipinski definition) is 3. The van der Waals surface area contributed by atoms with Gasteiger partial charge in [-0.3, -0.25) is 0 Å². The zero-order valence-corrected chi connectivity index (χ0v) is 8.67. The fourth-order valence-electron chi connectivity index (χ4n) is 1.20. The van der Waals surface area contributed by atoms with Gasteiger partial charge in [0.2, 0.25) is 11.9 Å². The van der Waals surface area contributed by atoms with E-state index in [-0.39, 0.29) is 11.6 Å². The van der Waals surface area contributed by atoms with E-state index in [1.165, 1.54) is 6.07 Å². The molecule has 0 radical (unpaired) electrons. The van der Waals surface area contributed by atoms with Crippen LogP contribution in [0.15, 0.2) is 12.1 Å². The smallest absolute Gasteiger partial charge is 0.220 e. The Morgan fingerprint density at radius 3 is 2.60 bits per heavy atom. The Bertz CT molecular complexity index is 331. The normalized spacial score (nSPS) is 15.0. The third kappa shape index (κ3) is 3.53. The number of aliphatic hydroxyl groups is 1. The van der Waals surface area contributed by atoms with Crippen molar-refractivity contribution in [2.45, 2.75) is 26.0 Å². The van der Waals surface area contributed by atoms with Crippen LogP contribution < -0.4 is 5.32 Å². The molecular formula is C10H14F2N2O. The lowest BCUT2D eigenvalue weighted by atomic mass is 10.1. The molecule has 0 aliphatic carbocycles. The van der Waals surface area contributed by atoms with Crippen molar-refractivity contribution in [3.8, 4) is 0 Å². The zero-order chi connectivity index (χ0) is 11.4. The summed E-state index contributed by atoms with van der Waals surface area (Å²) in [7, 11) is 0. The van der Waals surface area contributed by atoms with E-state index in [2.05, 4.69) is 10.3 Å². The van der Waals surface area contributed by atoms with Crippen molar-refractivity contribution in [1.29, 1.82) is 0 Å². The highest BCUT2D eigenvalue weighted by atomic mass is 19.1. The molecule has 5 heteroatoms. The summed E-state index contributed by atoms with van der Waals surface area (Å²) in [4.78, 5) is 3.09. The standard InChI is InChI=1S/C10H14F2N2O/c1-6(15)5-13-7(2)8-3-4-9(11)14-10(8)12/h3-4,6-7,13,15H,5H2,1-2H3/t6-,7-/m0/s1. The maximum absolute atomic E-state index is 13.2. The number of nitrogens with one attached hydrogen (secondary N) is 1. The summed E-state index contributed by atoms with van der Waals surface area (Å²) in [5.41, 5.74) is 0.289. The molecule has 2 atom stereocenters. The molecule has 1 aromatic heterocycles. The summed E-state index contributed by atoms with van der Waals surface area (Å²) in [6, 6.07) is 2.14. The minimum atomic E-state index is -0.834. The van der Waals surface area contributed by atoms with Crippen molar-refractivity contribution < 1.29 is 13.9 Å². The fraction of sp³-hybridized carbons (Fsp3) is 0.500.